The zero-order valence-corrected chi connectivity index (χ0v) is 16.4. The molecule has 0 fully saturated rings. The quantitative estimate of drug-likeness (QED) is 0.637. The molecule has 0 saturated carbocycles. The molecule has 3 rings (SSSR count). The molecule has 1 unspecified atom stereocenters. The summed E-state index contributed by atoms with van der Waals surface area (Å²) in [4.78, 5) is 32.6. The highest BCUT2D eigenvalue weighted by molar-refractivity contribution is 6.04. The fourth-order valence-electron chi connectivity index (χ4n) is 2.45. The van der Waals surface area contributed by atoms with Gasteiger partial charge in [0.2, 0.25) is 11.8 Å². The van der Waals surface area contributed by atoms with Crippen molar-refractivity contribution in [3.8, 4) is 5.88 Å². The van der Waals surface area contributed by atoms with Gasteiger partial charge in [0.25, 0.3) is 5.91 Å². The van der Waals surface area contributed by atoms with Gasteiger partial charge >= 0.3 is 0 Å². The lowest BCUT2D eigenvalue weighted by molar-refractivity contribution is -0.119. The lowest BCUT2D eigenvalue weighted by Crippen LogP contribution is -2.24. The number of benzene rings is 1. The van der Waals surface area contributed by atoms with Crippen LogP contribution in [0.25, 0.3) is 0 Å². The number of anilines is 2. The number of pyridine rings is 1. The van der Waals surface area contributed by atoms with E-state index in [1.54, 1.807) is 43.3 Å². The van der Waals surface area contributed by atoms with Crippen molar-refractivity contribution in [2.24, 2.45) is 0 Å². The van der Waals surface area contributed by atoms with E-state index in [-0.39, 0.29) is 17.9 Å². The number of nitrogens with zero attached hydrogens (tertiary/aromatic N) is 4. The summed E-state index contributed by atoms with van der Waals surface area (Å²) in [6, 6.07) is 9.64. The van der Waals surface area contributed by atoms with Crippen molar-refractivity contribution in [1.82, 2.24) is 19.7 Å². The summed E-state index contributed by atoms with van der Waals surface area (Å²) in [6.07, 6.45) is 4.34. The molecule has 0 spiro atoms. The van der Waals surface area contributed by atoms with E-state index in [2.05, 4.69) is 25.7 Å². The molecule has 2 N–H and O–H groups in total. The maximum absolute atomic E-state index is 12.4. The number of carbonyl (C=O) groups is 2. The molecular formula is C20H22N6O3. The number of aromatic nitrogens is 4. The monoisotopic (exact) mass is 394 g/mol. The SMILES string of the molecule is CC(C)Oc1ccc(C(=O)Nc2ccc(NC(=O)C(C)n3cncn3)cc2)cn1. The summed E-state index contributed by atoms with van der Waals surface area (Å²) in [7, 11) is 0. The third-order valence-electron chi connectivity index (χ3n) is 3.98. The lowest BCUT2D eigenvalue weighted by Gasteiger charge is -2.12. The Labute approximate surface area is 168 Å². The minimum Gasteiger partial charge on any atom is -0.475 e. The van der Waals surface area contributed by atoms with Gasteiger partial charge in [-0.15, -0.1) is 0 Å². The van der Waals surface area contributed by atoms with Gasteiger partial charge in [-0.25, -0.2) is 14.6 Å². The second kappa shape index (κ2) is 8.96. The fraction of sp³-hybridized carbons (Fsp3) is 0.250. The van der Waals surface area contributed by atoms with Crippen LogP contribution in [0, 0.1) is 0 Å². The van der Waals surface area contributed by atoms with Gasteiger partial charge in [-0.1, -0.05) is 0 Å². The van der Waals surface area contributed by atoms with Gasteiger partial charge in [0.1, 0.15) is 18.7 Å². The molecule has 0 bridgehead atoms. The van der Waals surface area contributed by atoms with Crippen molar-refractivity contribution >= 4 is 23.2 Å². The summed E-state index contributed by atoms with van der Waals surface area (Å²) < 4.78 is 6.93. The normalized spacial score (nSPS) is 11.7. The first-order valence-corrected chi connectivity index (χ1v) is 9.11. The van der Waals surface area contributed by atoms with Crippen molar-refractivity contribution in [2.75, 3.05) is 10.6 Å². The smallest absolute Gasteiger partial charge is 0.257 e. The van der Waals surface area contributed by atoms with E-state index in [1.807, 2.05) is 13.8 Å². The standard InChI is InChI=1S/C20H22N6O3/c1-13(2)29-18-9-4-15(10-22-18)20(28)25-17-7-5-16(6-8-17)24-19(27)14(3)26-12-21-11-23-26/h4-14H,1-3H3,(H,24,27)(H,25,28). The molecule has 9 heteroatoms. The van der Waals surface area contributed by atoms with Crippen LogP contribution in [0.2, 0.25) is 0 Å². The number of hydrogen-bond donors (Lipinski definition) is 2. The Morgan fingerprint density at radius 2 is 1.69 bits per heavy atom. The molecule has 2 aromatic heterocycles. The van der Waals surface area contributed by atoms with E-state index in [9.17, 15) is 9.59 Å². The van der Waals surface area contributed by atoms with E-state index in [0.717, 1.165) is 0 Å². The molecule has 9 nitrogen and oxygen atoms in total. The van der Waals surface area contributed by atoms with E-state index >= 15 is 0 Å². The summed E-state index contributed by atoms with van der Waals surface area (Å²) >= 11 is 0. The molecular weight excluding hydrogens is 372 g/mol. The van der Waals surface area contributed by atoms with Gasteiger partial charge in [0.15, 0.2) is 0 Å². The van der Waals surface area contributed by atoms with Gasteiger partial charge in [-0.05, 0) is 51.1 Å². The molecule has 2 heterocycles. The van der Waals surface area contributed by atoms with Crippen LogP contribution in [0.4, 0.5) is 11.4 Å². The Balaban J connectivity index is 1.57. The largest absolute Gasteiger partial charge is 0.475 e. The minimum absolute atomic E-state index is 0.0142. The molecule has 29 heavy (non-hydrogen) atoms. The maximum Gasteiger partial charge on any atom is 0.257 e. The van der Waals surface area contributed by atoms with Crippen molar-refractivity contribution in [3.05, 3.63) is 60.8 Å². The zero-order valence-electron chi connectivity index (χ0n) is 16.4. The first-order valence-electron chi connectivity index (χ1n) is 9.11. The number of hydrogen-bond acceptors (Lipinski definition) is 6. The summed E-state index contributed by atoms with van der Waals surface area (Å²) in [5, 5.41) is 9.55. The summed E-state index contributed by atoms with van der Waals surface area (Å²) in [5.41, 5.74) is 1.62. The van der Waals surface area contributed by atoms with Crippen LogP contribution in [0.15, 0.2) is 55.2 Å². The van der Waals surface area contributed by atoms with E-state index in [1.165, 1.54) is 23.5 Å². The highest BCUT2D eigenvalue weighted by Crippen LogP contribution is 2.17. The number of carbonyl (C=O) groups excluding carboxylic acids is 2. The predicted molar refractivity (Wildman–Crippen MR) is 108 cm³/mol. The van der Waals surface area contributed by atoms with Crippen LogP contribution < -0.4 is 15.4 Å². The Morgan fingerprint density at radius 3 is 2.24 bits per heavy atom. The molecule has 2 amide bonds. The number of amides is 2. The van der Waals surface area contributed by atoms with Crippen LogP contribution in [0.1, 0.15) is 37.2 Å². The minimum atomic E-state index is -0.493. The fourth-order valence-corrected chi connectivity index (χ4v) is 2.45. The van der Waals surface area contributed by atoms with E-state index in [4.69, 9.17) is 4.74 Å². The van der Waals surface area contributed by atoms with E-state index < -0.39 is 6.04 Å². The molecule has 1 atom stereocenters. The number of nitrogens with one attached hydrogen (secondary N) is 2. The van der Waals surface area contributed by atoms with Crippen molar-refractivity contribution in [2.45, 2.75) is 32.9 Å². The van der Waals surface area contributed by atoms with Crippen molar-refractivity contribution < 1.29 is 14.3 Å². The molecule has 0 saturated heterocycles. The van der Waals surface area contributed by atoms with Gasteiger partial charge in [-0.3, -0.25) is 9.59 Å². The Bertz CT molecular complexity index is 953. The topological polar surface area (TPSA) is 111 Å². The summed E-state index contributed by atoms with van der Waals surface area (Å²) in [6.45, 7) is 5.54. The third-order valence-corrected chi connectivity index (χ3v) is 3.98. The molecule has 0 radical (unpaired) electrons. The second-order valence-corrected chi connectivity index (χ2v) is 6.62. The summed E-state index contributed by atoms with van der Waals surface area (Å²) in [5.74, 6) is -0.0379. The molecule has 150 valence electrons. The van der Waals surface area contributed by atoms with Gasteiger partial charge < -0.3 is 15.4 Å². The molecule has 1 aromatic carbocycles. The first-order chi connectivity index (χ1) is 13.9. The molecule has 0 aliphatic heterocycles. The van der Waals surface area contributed by atoms with Crippen molar-refractivity contribution in [1.29, 1.82) is 0 Å². The average Bonchev–Trinajstić information content (AvgIpc) is 3.23. The van der Waals surface area contributed by atoms with Gasteiger partial charge in [0.05, 0.1) is 11.7 Å². The van der Waals surface area contributed by atoms with E-state index in [0.29, 0.717) is 22.8 Å². The predicted octanol–water partition coefficient (Wildman–Crippen LogP) is 2.91. The maximum atomic E-state index is 12.4. The lowest BCUT2D eigenvalue weighted by atomic mass is 10.2. The second-order valence-electron chi connectivity index (χ2n) is 6.62. The van der Waals surface area contributed by atoms with Crippen LogP contribution >= 0.6 is 0 Å². The van der Waals surface area contributed by atoms with Gasteiger partial charge in [-0.2, -0.15) is 5.10 Å². The Morgan fingerprint density at radius 1 is 1.00 bits per heavy atom. The average molecular weight is 394 g/mol. The first kappa shape index (κ1) is 20.0. The Hall–Kier alpha value is -3.75. The highest BCUT2D eigenvalue weighted by atomic mass is 16.5. The zero-order chi connectivity index (χ0) is 20.8. The highest BCUT2D eigenvalue weighted by Gasteiger charge is 2.15. The Kier molecular flexibility index (Phi) is 6.18. The molecule has 0 aliphatic rings. The van der Waals surface area contributed by atoms with Crippen LogP contribution in [-0.2, 0) is 4.79 Å². The molecule has 3 aromatic rings. The number of ether oxygens (including phenoxy) is 1. The van der Waals surface area contributed by atoms with Gasteiger partial charge in [0, 0.05) is 23.6 Å². The number of rotatable bonds is 7. The van der Waals surface area contributed by atoms with Crippen LogP contribution in [0.3, 0.4) is 0 Å². The van der Waals surface area contributed by atoms with Crippen LogP contribution in [0.5, 0.6) is 5.88 Å². The molecule has 0 aliphatic carbocycles. The third kappa shape index (κ3) is 5.38. The van der Waals surface area contributed by atoms with Crippen LogP contribution in [-0.4, -0.2) is 37.7 Å². The van der Waals surface area contributed by atoms with Crippen molar-refractivity contribution in [3.63, 3.8) is 0 Å².